The van der Waals surface area contributed by atoms with Crippen molar-refractivity contribution in [2.45, 2.75) is 38.0 Å². The van der Waals surface area contributed by atoms with Crippen molar-refractivity contribution in [3.8, 4) is 11.8 Å². The number of hydrogen-bond acceptors (Lipinski definition) is 8. The van der Waals surface area contributed by atoms with Gasteiger partial charge >= 0.3 is 0 Å². The van der Waals surface area contributed by atoms with E-state index < -0.39 is 23.7 Å². The van der Waals surface area contributed by atoms with Crippen LogP contribution in [-0.4, -0.2) is 61.9 Å². The van der Waals surface area contributed by atoms with Gasteiger partial charge in [-0.25, -0.2) is 15.0 Å². The van der Waals surface area contributed by atoms with Gasteiger partial charge < -0.3 is 29.8 Å². The van der Waals surface area contributed by atoms with Gasteiger partial charge in [-0.3, -0.25) is 4.79 Å². The highest BCUT2D eigenvalue weighted by atomic mass is 16.3. The largest absolute Gasteiger partial charge is 0.453 e. The van der Waals surface area contributed by atoms with Gasteiger partial charge in [0.15, 0.2) is 22.7 Å². The fraction of sp³-hybridized carbons (Fsp3) is 0.455. The van der Waals surface area contributed by atoms with Gasteiger partial charge in [0.1, 0.15) is 11.9 Å². The Labute approximate surface area is 184 Å². The maximum atomic E-state index is 12.4. The average Bonchev–Trinajstić information content (AvgIpc) is 3.09. The van der Waals surface area contributed by atoms with Crippen LogP contribution in [0.25, 0.3) is 11.2 Å². The third-order valence-corrected chi connectivity index (χ3v) is 6.61. The molecule has 0 saturated heterocycles. The second-order valence-corrected chi connectivity index (χ2v) is 8.20. The molecule has 1 amide bonds. The van der Waals surface area contributed by atoms with Gasteiger partial charge in [0.25, 0.3) is 0 Å². The van der Waals surface area contributed by atoms with Crippen LogP contribution in [0.2, 0.25) is 0 Å². The van der Waals surface area contributed by atoms with Crippen LogP contribution in [0.3, 0.4) is 0 Å². The Bertz CT molecular complexity index is 1270. The van der Waals surface area contributed by atoms with Gasteiger partial charge in [-0.2, -0.15) is 0 Å². The van der Waals surface area contributed by atoms with Crippen LogP contribution in [0.5, 0.6) is 0 Å². The minimum Gasteiger partial charge on any atom is -0.453 e. The molecule has 0 radical (unpaired) electrons. The number of aliphatic hydroxyl groups excluding tert-OH is 2. The van der Waals surface area contributed by atoms with Crippen molar-refractivity contribution >= 4 is 22.9 Å². The van der Waals surface area contributed by atoms with Crippen LogP contribution < -0.4 is 10.6 Å². The van der Waals surface area contributed by atoms with Crippen LogP contribution >= 0.6 is 0 Å². The van der Waals surface area contributed by atoms with Gasteiger partial charge in [-0.1, -0.05) is 6.92 Å². The average molecular weight is 436 g/mol. The number of aryl methyl sites for hydroxylation is 1. The van der Waals surface area contributed by atoms with Crippen molar-refractivity contribution in [2.75, 3.05) is 19.4 Å². The van der Waals surface area contributed by atoms with E-state index in [0.29, 0.717) is 29.2 Å². The number of imidazole rings is 1. The Kier molecular flexibility index (Phi) is 4.69. The van der Waals surface area contributed by atoms with Crippen molar-refractivity contribution in [3.05, 3.63) is 35.8 Å². The minimum absolute atomic E-state index is 0.219. The third kappa shape index (κ3) is 2.82. The SMILES string of the molecule is CCc1ccc(C#Cc2nc(NC)c3ncn([C@@H]4C5CC5(C(=O)NC)[C@@H](O)[C@H]4O)c3n2)o1. The number of nitrogens with zero attached hydrogens (tertiary/aromatic N) is 4. The summed E-state index contributed by atoms with van der Waals surface area (Å²) in [6.45, 7) is 2.00. The van der Waals surface area contributed by atoms with E-state index >= 15 is 0 Å². The lowest BCUT2D eigenvalue weighted by Crippen LogP contribution is -2.41. The van der Waals surface area contributed by atoms with Crippen molar-refractivity contribution in [1.29, 1.82) is 0 Å². The van der Waals surface area contributed by atoms with Gasteiger partial charge in [0, 0.05) is 26.4 Å². The van der Waals surface area contributed by atoms with Crippen molar-refractivity contribution in [1.82, 2.24) is 24.8 Å². The molecule has 166 valence electrons. The maximum absolute atomic E-state index is 12.4. The van der Waals surface area contributed by atoms with E-state index in [-0.39, 0.29) is 17.6 Å². The van der Waals surface area contributed by atoms with Gasteiger partial charge in [-0.05, 0) is 30.4 Å². The van der Waals surface area contributed by atoms with Gasteiger partial charge in [0.05, 0.1) is 23.9 Å². The number of anilines is 1. The number of fused-ring (bicyclic) bond motifs is 2. The van der Waals surface area contributed by atoms with Crippen LogP contribution in [0.4, 0.5) is 5.82 Å². The first-order chi connectivity index (χ1) is 15.4. The first-order valence-corrected chi connectivity index (χ1v) is 10.6. The zero-order chi connectivity index (χ0) is 22.6. The summed E-state index contributed by atoms with van der Waals surface area (Å²) in [6.07, 6.45) is 0.551. The predicted molar refractivity (Wildman–Crippen MR) is 115 cm³/mol. The molecule has 0 aliphatic heterocycles. The Morgan fingerprint density at radius 1 is 1.31 bits per heavy atom. The molecule has 0 aromatic carbocycles. The van der Waals surface area contributed by atoms with E-state index in [9.17, 15) is 15.0 Å². The molecular weight excluding hydrogens is 412 g/mol. The van der Waals surface area contributed by atoms with Gasteiger partial charge in [0.2, 0.25) is 11.7 Å². The fourth-order valence-corrected chi connectivity index (χ4v) is 4.90. The van der Waals surface area contributed by atoms with Crippen molar-refractivity contribution in [2.24, 2.45) is 11.3 Å². The monoisotopic (exact) mass is 436 g/mol. The lowest BCUT2D eigenvalue weighted by Gasteiger charge is -2.23. The second-order valence-electron chi connectivity index (χ2n) is 8.20. The van der Waals surface area contributed by atoms with Crippen LogP contribution in [0.1, 0.15) is 36.7 Å². The quantitative estimate of drug-likeness (QED) is 0.433. The highest BCUT2D eigenvalue weighted by Crippen LogP contribution is 2.67. The number of amides is 1. The van der Waals surface area contributed by atoms with E-state index in [1.807, 2.05) is 13.0 Å². The molecule has 10 heteroatoms. The van der Waals surface area contributed by atoms with E-state index in [4.69, 9.17) is 4.42 Å². The molecule has 0 spiro atoms. The van der Waals surface area contributed by atoms with Crippen molar-refractivity contribution < 1.29 is 19.4 Å². The third-order valence-electron chi connectivity index (χ3n) is 6.61. The molecule has 5 atom stereocenters. The zero-order valence-electron chi connectivity index (χ0n) is 18.0. The zero-order valence-corrected chi connectivity index (χ0v) is 18.0. The number of nitrogens with one attached hydrogen (secondary N) is 2. The number of furan rings is 1. The number of carbonyl (C=O) groups is 1. The molecule has 2 aliphatic rings. The topological polar surface area (TPSA) is 138 Å². The summed E-state index contributed by atoms with van der Waals surface area (Å²) in [4.78, 5) is 25.9. The fourth-order valence-electron chi connectivity index (χ4n) is 4.90. The Morgan fingerprint density at radius 3 is 2.81 bits per heavy atom. The van der Waals surface area contributed by atoms with E-state index in [1.54, 1.807) is 24.0 Å². The summed E-state index contributed by atoms with van der Waals surface area (Å²) in [7, 11) is 3.26. The molecule has 3 aromatic heterocycles. The molecule has 3 heterocycles. The minimum atomic E-state index is -1.16. The van der Waals surface area contributed by atoms with E-state index in [1.165, 1.54) is 7.05 Å². The Hall–Kier alpha value is -3.42. The predicted octanol–water partition coefficient (Wildman–Crippen LogP) is 0.452. The molecular formula is C22H24N6O4. The summed E-state index contributed by atoms with van der Waals surface area (Å²) in [6, 6.07) is 3.14. The first-order valence-electron chi connectivity index (χ1n) is 10.6. The number of aliphatic hydroxyl groups is 2. The Balaban J connectivity index is 1.56. The molecule has 10 nitrogen and oxygen atoms in total. The molecule has 4 N–H and O–H groups in total. The Morgan fingerprint density at radius 2 is 2.12 bits per heavy atom. The van der Waals surface area contributed by atoms with Crippen molar-refractivity contribution in [3.63, 3.8) is 0 Å². The summed E-state index contributed by atoms with van der Waals surface area (Å²) in [5, 5.41) is 27.1. The molecule has 32 heavy (non-hydrogen) atoms. The first kappa shape index (κ1) is 20.5. The summed E-state index contributed by atoms with van der Waals surface area (Å²) in [5.41, 5.74) is 0.00927. The smallest absolute Gasteiger partial charge is 0.229 e. The highest BCUT2D eigenvalue weighted by Gasteiger charge is 2.75. The summed E-state index contributed by atoms with van der Waals surface area (Å²) in [5.74, 6) is 7.50. The molecule has 2 fully saturated rings. The molecule has 2 aliphatic carbocycles. The number of carbonyl (C=O) groups excluding carboxylic acids is 1. The number of aromatic nitrogens is 4. The van der Waals surface area contributed by atoms with Crippen LogP contribution in [0, 0.1) is 23.2 Å². The standard InChI is InChI=1S/C22H24N6O4/c1-4-11-5-6-12(32-11)7-8-14-26-19(23-2)15-20(27-14)28(10-25-15)16-13-9-22(13,21(31)24-3)18(30)17(16)29/h5-6,10,13,16-18,29-30H,4,9H2,1-3H3,(H,24,31)(H,23,26,27)/t13?,16-,17+,18+,22?/m1/s1. The maximum Gasteiger partial charge on any atom is 0.229 e. The summed E-state index contributed by atoms with van der Waals surface area (Å²) >= 11 is 0. The second kappa shape index (κ2) is 7.32. The molecule has 3 aromatic rings. The molecule has 2 saturated carbocycles. The van der Waals surface area contributed by atoms with Gasteiger partial charge in [-0.15, -0.1) is 0 Å². The molecule has 2 unspecified atom stereocenters. The van der Waals surface area contributed by atoms with E-state index in [2.05, 4.69) is 37.4 Å². The summed E-state index contributed by atoms with van der Waals surface area (Å²) < 4.78 is 7.34. The molecule has 5 rings (SSSR count). The van der Waals surface area contributed by atoms with E-state index in [0.717, 1.165) is 12.2 Å². The number of rotatable bonds is 4. The lowest BCUT2D eigenvalue weighted by molar-refractivity contribution is -0.132. The molecule has 0 bridgehead atoms. The van der Waals surface area contributed by atoms with Crippen LogP contribution in [-0.2, 0) is 11.2 Å². The van der Waals surface area contributed by atoms with Crippen LogP contribution in [0.15, 0.2) is 22.9 Å². The normalized spacial score (nSPS) is 28.2. The lowest BCUT2D eigenvalue weighted by atomic mass is 9.98. The number of hydrogen-bond donors (Lipinski definition) is 4. The highest BCUT2D eigenvalue weighted by molar-refractivity contribution is 5.88.